The number of benzene rings is 1. The summed E-state index contributed by atoms with van der Waals surface area (Å²) in [5.41, 5.74) is 1.23. The van der Waals surface area contributed by atoms with Crippen LogP contribution in [0.3, 0.4) is 0 Å². The molecular weight excluding hydrogens is 250 g/mol. The highest BCUT2D eigenvalue weighted by atomic mass is 16.2. The van der Waals surface area contributed by atoms with Gasteiger partial charge in [-0.05, 0) is 39.0 Å². The molecular formula is C16H25N3O. The average molecular weight is 275 g/mol. The van der Waals surface area contributed by atoms with E-state index in [1.807, 2.05) is 30.1 Å². The van der Waals surface area contributed by atoms with E-state index in [9.17, 15) is 4.79 Å². The molecule has 0 spiro atoms. The molecule has 1 saturated heterocycles. The van der Waals surface area contributed by atoms with Crippen LogP contribution >= 0.6 is 0 Å². The molecule has 1 aliphatic heterocycles. The molecule has 4 heteroatoms. The minimum Gasteiger partial charge on any atom is -0.353 e. The highest BCUT2D eigenvalue weighted by Crippen LogP contribution is 2.13. The van der Waals surface area contributed by atoms with Gasteiger partial charge in [-0.3, -0.25) is 9.69 Å². The van der Waals surface area contributed by atoms with Crippen LogP contribution < -0.4 is 5.32 Å². The summed E-state index contributed by atoms with van der Waals surface area (Å²) >= 11 is 0. The second-order valence-electron chi connectivity index (χ2n) is 5.74. The Labute approximate surface area is 121 Å². The number of nitrogens with one attached hydrogen (secondary N) is 1. The second-order valence-corrected chi connectivity index (χ2v) is 5.74. The van der Waals surface area contributed by atoms with Crippen molar-refractivity contribution in [1.82, 2.24) is 15.1 Å². The first-order valence-corrected chi connectivity index (χ1v) is 7.34. The summed E-state index contributed by atoms with van der Waals surface area (Å²) < 4.78 is 0. The Morgan fingerprint density at radius 1 is 1.40 bits per heavy atom. The molecule has 1 aromatic carbocycles. The van der Waals surface area contributed by atoms with E-state index in [1.165, 1.54) is 18.4 Å². The van der Waals surface area contributed by atoms with E-state index in [-0.39, 0.29) is 5.91 Å². The SMILES string of the molecule is CN(CC(=O)NC[C@@H]1CCCN1C)Cc1ccccc1. The fourth-order valence-corrected chi connectivity index (χ4v) is 2.72. The Hall–Kier alpha value is -1.39. The Kier molecular flexibility index (Phi) is 5.56. The number of nitrogens with zero attached hydrogens (tertiary/aromatic N) is 2. The zero-order chi connectivity index (χ0) is 14.4. The van der Waals surface area contributed by atoms with Crippen molar-refractivity contribution < 1.29 is 4.79 Å². The van der Waals surface area contributed by atoms with E-state index in [2.05, 4.69) is 29.4 Å². The predicted molar refractivity (Wildman–Crippen MR) is 81.4 cm³/mol. The van der Waals surface area contributed by atoms with Crippen LogP contribution in [0, 0.1) is 0 Å². The van der Waals surface area contributed by atoms with Crippen molar-refractivity contribution in [2.75, 3.05) is 33.7 Å². The number of hydrogen-bond acceptors (Lipinski definition) is 3. The summed E-state index contributed by atoms with van der Waals surface area (Å²) in [6, 6.07) is 10.7. The van der Waals surface area contributed by atoms with Crippen molar-refractivity contribution in [3.05, 3.63) is 35.9 Å². The Morgan fingerprint density at radius 2 is 2.15 bits per heavy atom. The molecule has 1 aliphatic rings. The fraction of sp³-hybridized carbons (Fsp3) is 0.562. The summed E-state index contributed by atoms with van der Waals surface area (Å²) in [5.74, 6) is 0.115. The molecule has 1 heterocycles. The summed E-state index contributed by atoms with van der Waals surface area (Å²) in [6.45, 7) is 3.17. The van der Waals surface area contributed by atoms with Gasteiger partial charge in [-0.15, -0.1) is 0 Å². The highest BCUT2D eigenvalue weighted by molar-refractivity contribution is 5.78. The van der Waals surface area contributed by atoms with Gasteiger partial charge in [-0.1, -0.05) is 30.3 Å². The zero-order valence-corrected chi connectivity index (χ0v) is 12.5. The van der Waals surface area contributed by atoms with E-state index < -0.39 is 0 Å². The smallest absolute Gasteiger partial charge is 0.234 e. The minimum atomic E-state index is 0.115. The molecule has 110 valence electrons. The average Bonchev–Trinajstić information content (AvgIpc) is 2.83. The van der Waals surface area contributed by atoms with Gasteiger partial charge >= 0.3 is 0 Å². The molecule has 1 atom stereocenters. The summed E-state index contributed by atoms with van der Waals surface area (Å²) in [7, 11) is 4.11. The number of carbonyl (C=O) groups is 1. The number of likely N-dealkylation sites (tertiary alicyclic amines) is 1. The Bertz CT molecular complexity index is 421. The van der Waals surface area contributed by atoms with Gasteiger partial charge in [0, 0.05) is 19.1 Å². The topological polar surface area (TPSA) is 35.6 Å². The molecule has 20 heavy (non-hydrogen) atoms. The third-order valence-corrected chi connectivity index (χ3v) is 3.92. The number of likely N-dealkylation sites (N-methyl/N-ethyl adjacent to an activating group) is 2. The van der Waals surface area contributed by atoms with Crippen molar-refractivity contribution in [2.45, 2.75) is 25.4 Å². The van der Waals surface area contributed by atoms with Gasteiger partial charge in [-0.25, -0.2) is 0 Å². The quantitative estimate of drug-likeness (QED) is 0.851. The van der Waals surface area contributed by atoms with E-state index >= 15 is 0 Å². The summed E-state index contributed by atoms with van der Waals surface area (Å²) in [5, 5.41) is 3.05. The van der Waals surface area contributed by atoms with Crippen LogP contribution in [0.4, 0.5) is 0 Å². The minimum absolute atomic E-state index is 0.115. The van der Waals surface area contributed by atoms with Crippen LogP contribution in [0.15, 0.2) is 30.3 Å². The summed E-state index contributed by atoms with van der Waals surface area (Å²) in [6.07, 6.45) is 2.43. The van der Waals surface area contributed by atoms with Crippen molar-refractivity contribution in [2.24, 2.45) is 0 Å². The Morgan fingerprint density at radius 3 is 2.80 bits per heavy atom. The van der Waals surface area contributed by atoms with Crippen LogP contribution in [0.1, 0.15) is 18.4 Å². The molecule has 4 nitrogen and oxygen atoms in total. The van der Waals surface area contributed by atoms with Crippen LogP contribution in [0.2, 0.25) is 0 Å². The van der Waals surface area contributed by atoms with Crippen LogP contribution in [-0.2, 0) is 11.3 Å². The summed E-state index contributed by atoms with van der Waals surface area (Å²) in [4.78, 5) is 16.3. The van der Waals surface area contributed by atoms with Gasteiger partial charge in [0.1, 0.15) is 0 Å². The molecule has 0 aromatic heterocycles. The first kappa shape index (κ1) is 15.0. The fourth-order valence-electron chi connectivity index (χ4n) is 2.72. The molecule has 1 N–H and O–H groups in total. The molecule has 0 unspecified atom stereocenters. The number of carbonyl (C=O) groups excluding carboxylic acids is 1. The first-order valence-electron chi connectivity index (χ1n) is 7.34. The van der Waals surface area contributed by atoms with Crippen LogP contribution in [-0.4, -0.2) is 55.5 Å². The van der Waals surface area contributed by atoms with Gasteiger partial charge in [0.25, 0.3) is 0 Å². The standard InChI is InChI=1S/C16H25N3O/c1-18(12-14-7-4-3-5-8-14)13-16(20)17-11-15-9-6-10-19(15)2/h3-5,7-8,15H,6,9-13H2,1-2H3,(H,17,20)/t15-/m0/s1. The largest absolute Gasteiger partial charge is 0.353 e. The number of rotatable bonds is 6. The lowest BCUT2D eigenvalue weighted by atomic mass is 10.2. The molecule has 1 amide bonds. The number of hydrogen-bond donors (Lipinski definition) is 1. The van der Waals surface area contributed by atoms with Gasteiger partial charge in [0.15, 0.2) is 0 Å². The van der Waals surface area contributed by atoms with Gasteiger partial charge < -0.3 is 10.2 Å². The van der Waals surface area contributed by atoms with Crippen molar-refractivity contribution in [3.63, 3.8) is 0 Å². The predicted octanol–water partition coefficient (Wildman–Crippen LogP) is 1.33. The molecule has 0 saturated carbocycles. The van der Waals surface area contributed by atoms with E-state index in [0.29, 0.717) is 12.6 Å². The maximum atomic E-state index is 11.9. The Balaban J connectivity index is 1.68. The maximum Gasteiger partial charge on any atom is 0.234 e. The monoisotopic (exact) mass is 275 g/mol. The molecule has 0 bridgehead atoms. The van der Waals surface area contributed by atoms with Gasteiger partial charge in [-0.2, -0.15) is 0 Å². The lowest BCUT2D eigenvalue weighted by molar-refractivity contribution is -0.122. The van der Waals surface area contributed by atoms with Crippen molar-refractivity contribution in [3.8, 4) is 0 Å². The van der Waals surface area contributed by atoms with Gasteiger partial charge in [0.2, 0.25) is 5.91 Å². The highest BCUT2D eigenvalue weighted by Gasteiger charge is 2.21. The second kappa shape index (κ2) is 7.41. The number of amides is 1. The third kappa shape index (κ3) is 4.62. The van der Waals surface area contributed by atoms with Crippen molar-refractivity contribution in [1.29, 1.82) is 0 Å². The van der Waals surface area contributed by atoms with E-state index in [0.717, 1.165) is 19.6 Å². The van der Waals surface area contributed by atoms with Crippen LogP contribution in [0.25, 0.3) is 0 Å². The molecule has 2 rings (SSSR count). The van der Waals surface area contributed by atoms with Gasteiger partial charge in [0.05, 0.1) is 6.54 Å². The molecule has 1 fully saturated rings. The third-order valence-electron chi connectivity index (χ3n) is 3.92. The first-order chi connectivity index (χ1) is 9.65. The lowest BCUT2D eigenvalue weighted by Gasteiger charge is -2.21. The van der Waals surface area contributed by atoms with Crippen LogP contribution in [0.5, 0.6) is 0 Å². The normalized spacial score (nSPS) is 19.4. The molecule has 1 aromatic rings. The maximum absolute atomic E-state index is 11.9. The van der Waals surface area contributed by atoms with E-state index in [1.54, 1.807) is 0 Å². The molecule has 0 aliphatic carbocycles. The van der Waals surface area contributed by atoms with Crippen molar-refractivity contribution >= 4 is 5.91 Å². The lowest BCUT2D eigenvalue weighted by Crippen LogP contribution is -2.41. The van der Waals surface area contributed by atoms with E-state index in [4.69, 9.17) is 0 Å². The molecule has 0 radical (unpaired) electrons. The zero-order valence-electron chi connectivity index (χ0n) is 12.5.